The van der Waals surface area contributed by atoms with E-state index in [4.69, 9.17) is 11.6 Å². The zero-order valence-corrected chi connectivity index (χ0v) is 16.0. The van der Waals surface area contributed by atoms with Crippen LogP contribution < -0.4 is 4.72 Å². The maximum atomic E-state index is 14.8. The highest BCUT2D eigenvalue weighted by Crippen LogP contribution is 2.28. The second-order valence-corrected chi connectivity index (χ2v) is 8.31. The zero-order valence-electron chi connectivity index (χ0n) is 14.4. The number of aromatic amines is 1. The number of nitrogens with zero attached hydrogens (tertiary/aromatic N) is 1. The highest BCUT2D eigenvalue weighted by Gasteiger charge is 2.22. The van der Waals surface area contributed by atoms with Gasteiger partial charge in [0.05, 0.1) is 22.0 Å². The van der Waals surface area contributed by atoms with E-state index in [1.54, 1.807) is 19.2 Å². The summed E-state index contributed by atoms with van der Waals surface area (Å²) in [5.41, 5.74) is 0.639. The number of ketones is 1. The third-order valence-corrected chi connectivity index (χ3v) is 5.72. The van der Waals surface area contributed by atoms with Crippen LogP contribution in [0.5, 0.6) is 0 Å². The van der Waals surface area contributed by atoms with Gasteiger partial charge in [-0.15, -0.1) is 0 Å². The molecule has 2 N–H and O–H groups in total. The summed E-state index contributed by atoms with van der Waals surface area (Å²) in [6.45, 7) is 1.70. The Morgan fingerprint density at radius 2 is 2.11 bits per heavy atom. The molecule has 27 heavy (non-hydrogen) atoms. The smallest absolute Gasteiger partial charge is 0.232 e. The van der Waals surface area contributed by atoms with Crippen LogP contribution in [0.2, 0.25) is 5.02 Å². The molecule has 142 valence electrons. The molecule has 0 bridgehead atoms. The Morgan fingerprint density at radius 3 is 2.85 bits per heavy atom. The standard InChI is InChI=1S/C18H17ClFN3O3S/c1-2-7-27(25,26)23-14-4-3-13(19)16(17(14)20)15(24)9-11-8-12-5-6-21-18(12)22-10-11/h3-6,8,10,23H,2,7,9H2,1H3,(H,21,22). The number of hydrogen-bond donors (Lipinski definition) is 2. The molecule has 2 heterocycles. The molecule has 1 aromatic carbocycles. The fourth-order valence-electron chi connectivity index (χ4n) is 2.73. The number of Topliss-reactive ketones (excluding diaryl/α,β-unsaturated/α-hetero) is 1. The van der Waals surface area contributed by atoms with Crippen molar-refractivity contribution in [2.24, 2.45) is 0 Å². The first-order valence-corrected chi connectivity index (χ1v) is 10.3. The van der Waals surface area contributed by atoms with Crippen molar-refractivity contribution in [3.8, 4) is 0 Å². The van der Waals surface area contributed by atoms with Gasteiger partial charge in [0.1, 0.15) is 5.65 Å². The highest BCUT2D eigenvalue weighted by molar-refractivity contribution is 7.92. The van der Waals surface area contributed by atoms with Gasteiger partial charge in [0, 0.05) is 24.2 Å². The molecule has 0 fully saturated rings. The Balaban J connectivity index is 1.90. The number of halogens is 2. The number of fused-ring (bicyclic) bond motifs is 1. The lowest BCUT2D eigenvalue weighted by Gasteiger charge is -2.12. The first-order chi connectivity index (χ1) is 12.8. The van der Waals surface area contributed by atoms with Crippen LogP contribution in [0.25, 0.3) is 11.0 Å². The summed E-state index contributed by atoms with van der Waals surface area (Å²) in [7, 11) is -3.70. The fraction of sp³-hybridized carbons (Fsp3) is 0.222. The van der Waals surface area contributed by atoms with E-state index in [1.807, 2.05) is 6.07 Å². The van der Waals surface area contributed by atoms with Crippen LogP contribution in [0.1, 0.15) is 29.3 Å². The van der Waals surface area contributed by atoms with Crippen LogP contribution in [0.4, 0.5) is 10.1 Å². The third-order valence-electron chi connectivity index (χ3n) is 3.93. The molecule has 0 aliphatic carbocycles. The minimum absolute atomic E-state index is 0.0772. The van der Waals surface area contributed by atoms with E-state index in [9.17, 15) is 17.6 Å². The Kier molecular flexibility index (Phi) is 5.48. The first-order valence-electron chi connectivity index (χ1n) is 8.24. The van der Waals surface area contributed by atoms with E-state index in [0.29, 0.717) is 17.6 Å². The molecule has 3 rings (SSSR count). The number of pyridine rings is 1. The third kappa shape index (κ3) is 4.28. The second-order valence-electron chi connectivity index (χ2n) is 6.06. The molecule has 0 saturated carbocycles. The number of nitrogens with one attached hydrogen (secondary N) is 2. The van der Waals surface area contributed by atoms with Crippen molar-refractivity contribution in [2.45, 2.75) is 19.8 Å². The van der Waals surface area contributed by atoms with Gasteiger partial charge in [-0.05, 0) is 36.2 Å². The van der Waals surface area contributed by atoms with Crippen LogP contribution in [-0.2, 0) is 16.4 Å². The van der Waals surface area contributed by atoms with Crippen molar-refractivity contribution in [1.82, 2.24) is 9.97 Å². The van der Waals surface area contributed by atoms with Crippen molar-refractivity contribution in [3.05, 3.63) is 58.6 Å². The van der Waals surface area contributed by atoms with Gasteiger partial charge >= 0.3 is 0 Å². The molecule has 3 aromatic rings. The van der Waals surface area contributed by atoms with Crippen molar-refractivity contribution < 1.29 is 17.6 Å². The van der Waals surface area contributed by atoms with Crippen molar-refractivity contribution in [1.29, 1.82) is 0 Å². The number of aromatic nitrogens is 2. The van der Waals surface area contributed by atoms with Crippen LogP contribution in [0.15, 0.2) is 36.7 Å². The Morgan fingerprint density at radius 1 is 1.33 bits per heavy atom. The summed E-state index contributed by atoms with van der Waals surface area (Å²) in [4.78, 5) is 19.8. The predicted octanol–water partition coefficient (Wildman–Crippen LogP) is 3.93. The molecule has 0 radical (unpaired) electrons. The van der Waals surface area contributed by atoms with Gasteiger partial charge in [0.2, 0.25) is 10.0 Å². The van der Waals surface area contributed by atoms with Crippen LogP contribution in [-0.4, -0.2) is 29.9 Å². The fourth-order valence-corrected chi connectivity index (χ4v) is 4.11. The minimum Gasteiger partial charge on any atom is -0.346 e. The van der Waals surface area contributed by atoms with Crippen LogP contribution in [0, 0.1) is 5.82 Å². The van der Waals surface area contributed by atoms with Gasteiger partial charge in [-0.3, -0.25) is 9.52 Å². The van der Waals surface area contributed by atoms with E-state index >= 15 is 0 Å². The number of rotatable bonds is 7. The van der Waals surface area contributed by atoms with Crippen molar-refractivity contribution in [2.75, 3.05) is 10.5 Å². The number of hydrogen-bond acceptors (Lipinski definition) is 4. The second kappa shape index (κ2) is 7.66. The molecule has 2 aromatic heterocycles. The lowest BCUT2D eigenvalue weighted by molar-refractivity contribution is 0.0989. The van der Waals surface area contributed by atoms with Gasteiger partial charge in [0.15, 0.2) is 11.6 Å². The van der Waals surface area contributed by atoms with E-state index in [1.165, 1.54) is 18.3 Å². The quantitative estimate of drug-likeness (QED) is 0.578. The first kappa shape index (κ1) is 19.3. The van der Waals surface area contributed by atoms with Gasteiger partial charge in [-0.1, -0.05) is 18.5 Å². The molecule has 0 aliphatic heterocycles. The van der Waals surface area contributed by atoms with Crippen LogP contribution in [0.3, 0.4) is 0 Å². The lowest BCUT2D eigenvalue weighted by atomic mass is 10.0. The van der Waals surface area contributed by atoms with Gasteiger partial charge in [-0.25, -0.2) is 17.8 Å². The molecule has 0 unspecified atom stereocenters. The Labute approximate surface area is 160 Å². The summed E-state index contributed by atoms with van der Waals surface area (Å²) >= 11 is 6.01. The van der Waals surface area contributed by atoms with Crippen molar-refractivity contribution in [3.63, 3.8) is 0 Å². The Hall–Kier alpha value is -2.45. The number of sulfonamides is 1. The predicted molar refractivity (Wildman–Crippen MR) is 103 cm³/mol. The maximum Gasteiger partial charge on any atom is 0.232 e. The average molecular weight is 410 g/mol. The SMILES string of the molecule is CCCS(=O)(=O)Nc1ccc(Cl)c(C(=O)Cc2cnc3[nH]ccc3c2)c1F. The number of H-pyrrole nitrogens is 1. The summed E-state index contributed by atoms with van der Waals surface area (Å²) in [5.74, 6) is -1.70. The summed E-state index contributed by atoms with van der Waals surface area (Å²) < 4.78 is 40.8. The van der Waals surface area contributed by atoms with Gasteiger partial charge in [-0.2, -0.15) is 0 Å². The van der Waals surface area contributed by atoms with Gasteiger partial charge in [0.25, 0.3) is 0 Å². The van der Waals surface area contributed by atoms with Gasteiger partial charge < -0.3 is 4.98 Å². The molecule has 0 aliphatic rings. The average Bonchev–Trinajstić information content (AvgIpc) is 3.05. The molecule has 0 atom stereocenters. The Bertz CT molecular complexity index is 1110. The highest BCUT2D eigenvalue weighted by atomic mass is 35.5. The molecule has 9 heteroatoms. The molecule has 0 spiro atoms. The summed E-state index contributed by atoms with van der Waals surface area (Å²) in [6, 6.07) is 6.09. The molecular weight excluding hydrogens is 393 g/mol. The van der Waals surface area contributed by atoms with E-state index in [0.717, 1.165) is 5.39 Å². The molecular formula is C18H17ClFN3O3S. The summed E-state index contributed by atoms with van der Waals surface area (Å²) in [5, 5.41) is 0.750. The number of carbonyl (C=O) groups excluding carboxylic acids is 1. The largest absolute Gasteiger partial charge is 0.346 e. The normalized spacial score (nSPS) is 11.7. The van der Waals surface area contributed by atoms with Crippen molar-refractivity contribution >= 4 is 44.1 Å². The molecule has 0 amide bonds. The molecule has 6 nitrogen and oxygen atoms in total. The van der Waals surface area contributed by atoms with E-state index < -0.39 is 21.6 Å². The zero-order chi connectivity index (χ0) is 19.6. The maximum absolute atomic E-state index is 14.8. The van der Waals surface area contributed by atoms with E-state index in [2.05, 4.69) is 14.7 Å². The van der Waals surface area contributed by atoms with Crippen LogP contribution >= 0.6 is 11.6 Å². The minimum atomic E-state index is -3.70. The number of benzene rings is 1. The molecule has 0 saturated heterocycles. The number of carbonyl (C=O) groups is 1. The topological polar surface area (TPSA) is 91.9 Å². The number of anilines is 1. The van der Waals surface area contributed by atoms with E-state index in [-0.39, 0.29) is 28.4 Å². The lowest BCUT2D eigenvalue weighted by Crippen LogP contribution is -2.18. The monoisotopic (exact) mass is 409 g/mol. The summed E-state index contributed by atoms with van der Waals surface area (Å²) in [6.07, 6.45) is 3.52.